The molecule has 3 unspecified atom stereocenters. The van der Waals surface area contributed by atoms with E-state index in [1.807, 2.05) is 33.3 Å². The van der Waals surface area contributed by atoms with E-state index >= 15 is 0 Å². The van der Waals surface area contributed by atoms with Gasteiger partial charge in [0.2, 0.25) is 5.91 Å². The maximum atomic E-state index is 13.5. The van der Waals surface area contributed by atoms with Crippen molar-refractivity contribution in [3.63, 3.8) is 0 Å². The molecule has 1 amide bonds. The smallest absolute Gasteiger partial charge is 0.456 e. The van der Waals surface area contributed by atoms with Crippen LogP contribution in [0.15, 0.2) is 60.8 Å². The summed E-state index contributed by atoms with van der Waals surface area (Å²) in [5, 5.41) is 3.03. The minimum Gasteiger partial charge on any atom is -0.456 e. The van der Waals surface area contributed by atoms with Gasteiger partial charge in [0.05, 0.1) is 33.8 Å². The molecule has 390 valence electrons. The molecule has 0 radical (unpaired) electrons. The summed E-state index contributed by atoms with van der Waals surface area (Å²) in [5.41, 5.74) is 0. The van der Waals surface area contributed by atoms with Crippen LogP contribution >= 0.6 is 7.82 Å². The lowest BCUT2D eigenvalue weighted by molar-refractivity contribution is -0.870. The molecule has 0 bridgehead atoms. The Morgan fingerprint density at radius 1 is 0.537 bits per heavy atom. The number of amides is 1. The predicted octanol–water partition coefficient (Wildman–Crippen LogP) is 16.3. The Balaban J connectivity index is 5.40. The van der Waals surface area contributed by atoms with Crippen LogP contribution in [0.4, 0.5) is 0 Å². The second-order valence-electron chi connectivity index (χ2n) is 19.7. The molecule has 0 aromatic carbocycles. The quantitative estimate of drug-likeness (QED) is 0.0205. The minimum absolute atomic E-state index is 0.0335. The molecular weight excluding hydrogens is 856 g/mol. The second-order valence-corrected chi connectivity index (χ2v) is 21.2. The molecule has 0 aliphatic rings. The van der Waals surface area contributed by atoms with Gasteiger partial charge in [0.15, 0.2) is 0 Å². The number of carbonyl (C=O) groups is 2. The van der Waals surface area contributed by atoms with E-state index in [4.69, 9.17) is 13.8 Å². The number of phosphoric ester groups is 1. The molecule has 10 heteroatoms. The summed E-state index contributed by atoms with van der Waals surface area (Å²) < 4.78 is 30.5. The fourth-order valence-electron chi connectivity index (χ4n) is 7.65. The lowest BCUT2D eigenvalue weighted by atomic mass is 10.1. The van der Waals surface area contributed by atoms with Crippen molar-refractivity contribution in [1.29, 1.82) is 0 Å². The summed E-state index contributed by atoms with van der Waals surface area (Å²) >= 11 is 0. The number of hydrogen-bond acceptors (Lipinski definition) is 6. The third-order valence-corrected chi connectivity index (χ3v) is 12.9. The first-order valence-corrected chi connectivity index (χ1v) is 29.1. The van der Waals surface area contributed by atoms with E-state index in [9.17, 15) is 19.0 Å². The van der Waals surface area contributed by atoms with Crippen molar-refractivity contribution >= 4 is 19.7 Å². The standard InChI is InChI=1S/C57H105N2O7P/c1-7-10-13-16-19-22-25-27-29-30-31-34-37-40-43-46-49-56(60)58-54(53-65-67(62,63)64-52-51-59(4,5)6)55(48-45-42-39-36-33-24-21-18-15-12-9-3)66-57(61)50-47-44-41-38-35-32-28-26-23-20-17-14-11-8-2/h11,14,20,23,28-30,32,45,48,54-55H,7-10,12-13,15-19,21-22,24-27,31,33-44,46-47,49-53H2,1-6H3,(H-,58,60,62,63)/p+1/b14-11+,23-20+,30-29+,32-28+,48-45+. The van der Waals surface area contributed by atoms with Crippen LogP contribution in [0.1, 0.15) is 239 Å². The molecule has 3 atom stereocenters. The van der Waals surface area contributed by atoms with Crippen LogP contribution in [0.3, 0.4) is 0 Å². The van der Waals surface area contributed by atoms with Gasteiger partial charge in [-0.3, -0.25) is 18.6 Å². The van der Waals surface area contributed by atoms with Gasteiger partial charge in [-0.15, -0.1) is 0 Å². The molecule has 0 aliphatic carbocycles. The first-order valence-electron chi connectivity index (χ1n) is 27.6. The highest BCUT2D eigenvalue weighted by Gasteiger charge is 2.30. The van der Waals surface area contributed by atoms with Crippen molar-refractivity contribution < 1.29 is 37.3 Å². The Hall–Kier alpha value is -2.29. The topological polar surface area (TPSA) is 111 Å². The molecule has 0 aromatic heterocycles. The van der Waals surface area contributed by atoms with E-state index in [-0.39, 0.29) is 31.5 Å². The van der Waals surface area contributed by atoms with Crippen molar-refractivity contribution in [3.8, 4) is 0 Å². The lowest BCUT2D eigenvalue weighted by Gasteiger charge is -2.27. The molecular formula is C57H106N2O7P+. The van der Waals surface area contributed by atoms with E-state index in [1.54, 1.807) is 0 Å². The molecule has 0 fully saturated rings. The van der Waals surface area contributed by atoms with Crippen molar-refractivity contribution in [3.05, 3.63) is 60.8 Å². The van der Waals surface area contributed by atoms with Gasteiger partial charge in [-0.1, -0.05) is 197 Å². The lowest BCUT2D eigenvalue weighted by Crippen LogP contribution is -2.47. The number of likely N-dealkylation sites (N-methyl/N-ethyl adjacent to an activating group) is 1. The van der Waals surface area contributed by atoms with E-state index in [1.165, 1.54) is 96.3 Å². The van der Waals surface area contributed by atoms with Crippen LogP contribution in [-0.4, -0.2) is 74.3 Å². The molecule has 9 nitrogen and oxygen atoms in total. The number of carbonyl (C=O) groups excluding carboxylic acids is 2. The number of allylic oxidation sites excluding steroid dienone is 9. The fraction of sp³-hybridized carbons (Fsp3) is 0.789. The number of phosphoric acid groups is 1. The van der Waals surface area contributed by atoms with Gasteiger partial charge in [0.25, 0.3) is 0 Å². The number of quaternary nitrogens is 1. The van der Waals surface area contributed by atoms with Crippen molar-refractivity contribution in [2.24, 2.45) is 0 Å². The van der Waals surface area contributed by atoms with Gasteiger partial charge >= 0.3 is 13.8 Å². The largest absolute Gasteiger partial charge is 0.472 e. The van der Waals surface area contributed by atoms with Crippen molar-refractivity contribution in [1.82, 2.24) is 5.32 Å². The number of hydrogen-bond donors (Lipinski definition) is 2. The molecule has 0 saturated carbocycles. The number of unbranched alkanes of at least 4 members (excludes halogenated alkanes) is 25. The summed E-state index contributed by atoms with van der Waals surface area (Å²) in [4.78, 5) is 37.5. The Labute approximate surface area is 413 Å². The molecule has 0 aliphatic heterocycles. The van der Waals surface area contributed by atoms with Gasteiger partial charge in [-0.2, -0.15) is 0 Å². The normalized spacial score (nSPS) is 14.3. The third kappa shape index (κ3) is 48.5. The van der Waals surface area contributed by atoms with Crippen LogP contribution in [0.25, 0.3) is 0 Å². The van der Waals surface area contributed by atoms with Gasteiger partial charge in [-0.05, 0) is 89.5 Å². The maximum absolute atomic E-state index is 13.5. The summed E-state index contributed by atoms with van der Waals surface area (Å²) in [5.74, 6) is -0.542. The van der Waals surface area contributed by atoms with E-state index in [0.717, 1.165) is 103 Å². The van der Waals surface area contributed by atoms with Gasteiger partial charge < -0.3 is 19.4 Å². The van der Waals surface area contributed by atoms with Gasteiger partial charge in [-0.25, -0.2) is 4.57 Å². The summed E-state index contributed by atoms with van der Waals surface area (Å²) in [7, 11) is 1.47. The highest BCUT2D eigenvalue weighted by Crippen LogP contribution is 2.43. The first kappa shape index (κ1) is 64.7. The van der Waals surface area contributed by atoms with Crippen LogP contribution in [0, 0.1) is 0 Å². The predicted molar refractivity (Wildman–Crippen MR) is 286 cm³/mol. The van der Waals surface area contributed by atoms with Gasteiger partial charge in [0, 0.05) is 12.8 Å². The number of esters is 1. The van der Waals surface area contributed by atoms with Crippen molar-refractivity contribution in [2.45, 2.75) is 251 Å². The fourth-order valence-corrected chi connectivity index (χ4v) is 8.39. The Kier molecular flexibility index (Phi) is 45.8. The SMILES string of the molecule is CC/C=C/C/C=C/C/C=C/CCCCCCC(=O)OC(/C=C/CCCCCCCCCCC)C(COP(=O)(O)OCC[N+](C)(C)C)NC(=O)CCCCCCC/C=C/CCCCCCCCC. The Morgan fingerprint density at radius 2 is 0.955 bits per heavy atom. The van der Waals surface area contributed by atoms with Gasteiger partial charge in [0.1, 0.15) is 19.3 Å². The Bertz CT molecular complexity index is 1340. The number of rotatable bonds is 49. The summed E-state index contributed by atoms with van der Waals surface area (Å²) in [6.45, 7) is 6.86. The summed E-state index contributed by atoms with van der Waals surface area (Å²) in [6.07, 6.45) is 57.8. The van der Waals surface area contributed by atoms with E-state index < -0.39 is 20.0 Å². The van der Waals surface area contributed by atoms with E-state index in [2.05, 4.69) is 74.7 Å². The third-order valence-electron chi connectivity index (χ3n) is 11.9. The number of nitrogens with zero attached hydrogens (tertiary/aromatic N) is 1. The summed E-state index contributed by atoms with van der Waals surface area (Å²) in [6, 6.07) is -0.861. The maximum Gasteiger partial charge on any atom is 0.472 e. The highest BCUT2D eigenvalue weighted by molar-refractivity contribution is 7.47. The number of ether oxygens (including phenoxy) is 1. The average Bonchev–Trinajstić information content (AvgIpc) is 3.28. The zero-order valence-corrected chi connectivity index (χ0v) is 45.3. The van der Waals surface area contributed by atoms with Crippen LogP contribution in [-0.2, 0) is 27.9 Å². The molecule has 0 spiro atoms. The zero-order valence-electron chi connectivity index (χ0n) is 44.4. The van der Waals surface area contributed by atoms with Crippen molar-refractivity contribution in [2.75, 3.05) is 40.9 Å². The zero-order chi connectivity index (χ0) is 49.4. The second kappa shape index (κ2) is 47.4. The highest BCUT2D eigenvalue weighted by atomic mass is 31.2. The van der Waals surface area contributed by atoms with Crippen LogP contribution in [0.2, 0.25) is 0 Å². The molecule has 0 aromatic rings. The Morgan fingerprint density at radius 3 is 1.45 bits per heavy atom. The minimum atomic E-state index is -4.45. The average molecular weight is 962 g/mol. The van der Waals surface area contributed by atoms with E-state index in [0.29, 0.717) is 23.9 Å². The molecule has 0 heterocycles. The molecule has 0 rings (SSSR count). The number of nitrogens with one attached hydrogen (secondary N) is 1. The van der Waals surface area contributed by atoms with Crippen LogP contribution in [0.5, 0.6) is 0 Å². The molecule has 0 saturated heterocycles. The first-order chi connectivity index (χ1) is 32.4. The molecule has 2 N–H and O–H groups in total. The van der Waals surface area contributed by atoms with Crippen LogP contribution < -0.4 is 5.32 Å². The molecule has 67 heavy (non-hydrogen) atoms. The monoisotopic (exact) mass is 962 g/mol.